The fourth-order valence-electron chi connectivity index (χ4n) is 2.23. The van der Waals surface area contributed by atoms with E-state index >= 15 is 0 Å². The van der Waals surface area contributed by atoms with Gasteiger partial charge in [-0.3, -0.25) is 4.68 Å². The van der Waals surface area contributed by atoms with Gasteiger partial charge in [0.2, 0.25) is 0 Å². The van der Waals surface area contributed by atoms with Crippen LogP contribution in [-0.2, 0) is 11.8 Å². The average molecular weight is 291 g/mol. The largest absolute Gasteiger partial charge is 0.465 e. The van der Waals surface area contributed by atoms with Crippen LogP contribution in [-0.4, -0.2) is 22.9 Å². The molecule has 0 fully saturated rings. The fourth-order valence-corrected chi connectivity index (χ4v) is 2.23. The van der Waals surface area contributed by atoms with Gasteiger partial charge in [-0.05, 0) is 32.0 Å². The Morgan fingerprint density at radius 1 is 1.48 bits per heavy atom. The smallest absolute Gasteiger partial charge is 0.337 e. The van der Waals surface area contributed by atoms with E-state index < -0.39 is 11.8 Å². The number of anilines is 1. The second-order valence-electron chi connectivity index (χ2n) is 4.90. The molecule has 1 aromatic carbocycles. The summed E-state index contributed by atoms with van der Waals surface area (Å²) in [5, 5.41) is 7.33. The molecule has 1 atom stereocenters. The van der Waals surface area contributed by atoms with E-state index in [-0.39, 0.29) is 11.7 Å². The number of esters is 1. The van der Waals surface area contributed by atoms with Crippen LogP contribution in [0.3, 0.4) is 0 Å². The molecule has 0 amide bonds. The number of hydrogen-bond donors (Lipinski definition) is 1. The highest BCUT2D eigenvalue weighted by atomic mass is 19.1. The summed E-state index contributed by atoms with van der Waals surface area (Å²) >= 11 is 0. The Labute approximate surface area is 122 Å². The fraction of sp³-hybridized carbons (Fsp3) is 0.333. The SMILES string of the molecule is COC(=O)c1ccc(F)c(NC(C)c2cn(C)nc2C)c1. The Morgan fingerprint density at radius 2 is 2.19 bits per heavy atom. The number of nitrogens with one attached hydrogen (secondary N) is 1. The van der Waals surface area contributed by atoms with E-state index in [1.165, 1.54) is 25.3 Å². The van der Waals surface area contributed by atoms with Gasteiger partial charge in [-0.2, -0.15) is 5.10 Å². The second-order valence-corrected chi connectivity index (χ2v) is 4.90. The van der Waals surface area contributed by atoms with Gasteiger partial charge in [0.15, 0.2) is 0 Å². The molecule has 0 saturated heterocycles. The molecule has 21 heavy (non-hydrogen) atoms. The standard InChI is InChI=1S/C15H18FN3O2/c1-9(12-8-19(3)18-10(12)2)17-14-7-11(15(20)21-4)5-6-13(14)16/h5-9,17H,1-4H3. The summed E-state index contributed by atoms with van der Waals surface area (Å²) in [6.45, 7) is 3.81. The highest BCUT2D eigenvalue weighted by Crippen LogP contribution is 2.24. The van der Waals surface area contributed by atoms with Crippen molar-refractivity contribution in [3.05, 3.63) is 47.0 Å². The molecule has 1 N–H and O–H groups in total. The lowest BCUT2D eigenvalue weighted by molar-refractivity contribution is 0.0600. The lowest BCUT2D eigenvalue weighted by atomic mass is 10.1. The van der Waals surface area contributed by atoms with Crippen molar-refractivity contribution in [1.82, 2.24) is 9.78 Å². The number of carbonyl (C=O) groups excluding carboxylic acids is 1. The molecule has 0 aliphatic carbocycles. The summed E-state index contributed by atoms with van der Waals surface area (Å²) < 4.78 is 20.2. The Hall–Kier alpha value is -2.37. The lowest BCUT2D eigenvalue weighted by Crippen LogP contribution is -2.10. The predicted octanol–water partition coefficient (Wildman–Crippen LogP) is 2.83. The minimum Gasteiger partial charge on any atom is -0.465 e. The number of carbonyl (C=O) groups is 1. The summed E-state index contributed by atoms with van der Waals surface area (Å²) in [6.07, 6.45) is 1.88. The summed E-state index contributed by atoms with van der Waals surface area (Å²) in [4.78, 5) is 11.5. The first-order chi connectivity index (χ1) is 9.92. The molecule has 6 heteroatoms. The summed E-state index contributed by atoms with van der Waals surface area (Å²) in [7, 11) is 3.13. The normalized spacial score (nSPS) is 12.0. The number of methoxy groups -OCH3 is 1. The molecule has 2 aromatic rings. The lowest BCUT2D eigenvalue weighted by Gasteiger charge is -2.16. The highest BCUT2D eigenvalue weighted by Gasteiger charge is 2.15. The molecule has 0 spiro atoms. The van der Waals surface area contributed by atoms with Crippen LogP contribution >= 0.6 is 0 Å². The molecule has 0 radical (unpaired) electrons. The molecular weight excluding hydrogens is 273 g/mol. The molecule has 0 saturated carbocycles. The van der Waals surface area contributed by atoms with Crippen molar-refractivity contribution < 1.29 is 13.9 Å². The highest BCUT2D eigenvalue weighted by molar-refractivity contribution is 5.90. The first kappa shape index (κ1) is 15.0. The summed E-state index contributed by atoms with van der Waals surface area (Å²) in [5.41, 5.74) is 2.41. The zero-order valence-corrected chi connectivity index (χ0v) is 12.5. The Kier molecular flexibility index (Phi) is 4.26. The van der Waals surface area contributed by atoms with Gasteiger partial charge in [0, 0.05) is 18.8 Å². The first-order valence-corrected chi connectivity index (χ1v) is 6.57. The van der Waals surface area contributed by atoms with Crippen molar-refractivity contribution in [2.45, 2.75) is 19.9 Å². The van der Waals surface area contributed by atoms with Gasteiger partial charge >= 0.3 is 5.97 Å². The van der Waals surface area contributed by atoms with E-state index in [1.54, 1.807) is 4.68 Å². The molecular formula is C15H18FN3O2. The molecule has 1 heterocycles. The quantitative estimate of drug-likeness (QED) is 0.880. The van der Waals surface area contributed by atoms with Crippen LogP contribution in [0.4, 0.5) is 10.1 Å². The van der Waals surface area contributed by atoms with Gasteiger partial charge in [0.25, 0.3) is 0 Å². The van der Waals surface area contributed by atoms with E-state index in [1.807, 2.05) is 27.1 Å². The molecule has 0 aliphatic heterocycles. The van der Waals surface area contributed by atoms with E-state index in [9.17, 15) is 9.18 Å². The Balaban J connectivity index is 2.26. The number of ether oxygens (including phenoxy) is 1. The van der Waals surface area contributed by atoms with Crippen molar-refractivity contribution in [1.29, 1.82) is 0 Å². The minimum absolute atomic E-state index is 0.138. The van der Waals surface area contributed by atoms with Crippen LogP contribution in [0.2, 0.25) is 0 Å². The van der Waals surface area contributed by atoms with Crippen LogP contribution < -0.4 is 5.32 Å². The minimum atomic E-state index is -0.497. The van der Waals surface area contributed by atoms with Crippen LogP contribution in [0.25, 0.3) is 0 Å². The number of aryl methyl sites for hydroxylation is 2. The Morgan fingerprint density at radius 3 is 2.76 bits per heavy atom. The molecule has 1 aromatic heterocycles. The van der Waals surface area contributed by atoms with Gasteiger partial charge in [0.1, 0.15) is 5.82 Å². The zero-order chi connectivity index (χ0) is 15.6. The van der Waals surface area contributed by atoms with Gasteiger partial charge in [-0.15, -0.1) is 0 Å². The summed E-state index contributed by atoms with van der Waals surface area (Å²) in [5.74, 6) is -0.917. The van der Waals surface area contributed by atoms with Gasteiger partial charge in [0.05, 0.1) is 30.1 Å². The number of rotatable bonds is 4. The molecule has 112 valence electrons. The number of hydrogen-bond acceptors (Lipinski definition) is 4. The number of aromatic nitrogens is 2. The number of nitrogens with zero attached hydrogens (tertiary/aromatic N) is 2. The predicted molar refractivity (Wildman–Crippen MR) is 77.7 cm³/mol. The van der Waals surface area contributed by atoms with Crippen LogP contribution in [0.5, 0.6) is 0 Å². The van der Waals surface area contributed by atoms with E-state index in [4.69, 9.17) is 0 Å². The van der Waals surface area contributed by atoms with Crippen LogP contribution in [0.15, 0.2) is 24.4 Å². The average Bonchev–Trinajstić information content (AvgIpc) is 2.79. The molecule has 5 nitrogen and oxygen atoms in total. The first-order valence-electron chi connectivity index (χ1n) is 6.57. The van der Waals surface area contributed by atoms with E-state index in [0.29, 0.717) is 5.56 Å². The second kappa shape index (κ2) is 5.95. The third kappa shape index (κ3) is 3.21. The molecule has 2 rings (SSSR count). The van der Waals surface area contributed by atoms with Gasteiger partial charge < -0.3 is 10.1 Å². The van der Waals surface area contributed by atoms with Crippen molar-refractivity contribution in [2.24, 2.45) is 7.05 Å². The molecule has 0 bridgehead atoms. The monoisotopic (exact) mass is 291 g/mol. The Bertz CT molecular complexity index is 667. The molecule has 1 unspecified atom stereocenters. The number of benzene rings is 1. The maximum atomic E-state index is 13.9. The van der Waals surface area contributed by atoms with Crippen molar-refractivity contribution in [2.75, 3.05) is 12.4 Å². The third-order valence-electron chi connectivity index (χ3n) is 3.28. The van der Waals surface area contributed by atoms with Gasteiger partial charge in [-0.25, -0.2) is 9.18 Å². The number of halogens is 1. The summed E-state index contributed by atoms with van der Waals surface area (Å²) in [6, 6.07) is 3.95. The maximum Gasteiger partial charge on any atom is 0.337 e. The zero-order valence-electron chi connectivity index (χ0n) is 12.5. The third-order valence-corrected chi connectivity index (χ3v) is 3.28. The maximum absolute atomic E-state index is 13.9. The van der Waals surface area contributed by atoms with Crippen molar-refractivity contribution in [3.63, 3.8) is 0 Å². The van der Waals surface area contributed by atoms with Crippen molar-refractivity contribution >= 4 is 11.7 Å². The van der Waals surface area contributed by atoms with E-state index in [2.05, 4.69) is 15.2 Å². The topological polar surface area (TPSA) is 56.1 Å². The van der Waals surface area contributed by atoms with Gasteiger partial charge in [-0.1, -0.05) is 0 Å². The molecule has 0 aliphatic rings. The van der Waals surface area contributed by atoms with Crippen LogP contribution in [0, 0.1) is 12.7 Å². The van der Waals surface area contributed by atoms with E-state index in [0.717, 1.165) is 11.3 Å². The van der Waals surface area contributed by atoms with Crippen LogP contribution in [0.1, 0.15) is 34.6 Å². The van der Waals surface area contributed by atoms with Crippen molar-refractivity contribution in [3.8, 4) is 0 Å².